The zero-order valence-corrected chi connectivity index (χ0v) is 17.1. The second kappa shape index (κ2) is 9.85. The number of para-hydroxylation sites is 2. The van der Waals surface area contributed by atoms with Crippen LogP contribution in [0.2, 0.25) is 0 Å². The number of imidazole rings is 1. The van der Waals surface area contributed by atoms with Gasteiger partial charge in [-0.1, -0.05) is 43.5 Å². The van der Waals surface area contributed by atoms with E-state index in [2.05, 4.69) is 0 Å². The lowest BCUT2D eigenvalue weighted by atomic mass is 10.1. The van der Waals surface area contributed by atoms with Crippen LogP contribution in [0.4, 0.5) is 13.2 Å². The summed E-state index contributed by atoms with van der Waals surface area (Å²) in [5.74, 6) is -0.792. The zero-order chi connectivity index (χ0) is 22.4. The summed E-state index contributed by atoms with van der Waals surface area (Å²) in [6, 6.07) is 12.3. The molecule has 0 aliphatic heterocycles. The Morgan fingerprint density at radius 2 is 1.52 bits per heavy atom. The van der Waals surface area contributed by atoms with Gasteiger partial charge >= 0.3 is 17.8 Å². The Morgan fingerprint density at radius 1 is 0.871 bits per heavy atom. The summed E-state index contributed by atoms with van der Waals surface area (Å²) in [7, 11) is 0. The summed E-state index contributed by atoms with van der Waals surface area (Å²) in [4.78, 5) is 23.6. The minimum absolute atomic E-state index is 0.0610. The van der Waals surface area contributed by atoms with Crippen LogP contribution >= 0.6 is 0 Å². The number of carboxylic acids is 1. The molecule has 1 heterocycles. The molecule has 0 fully saturated rings. The minimum Gasteiger partial charge on any atom is -0.481 e. The molecule has 5 nitrogen and oxygen atoms in total. The molecule has 0 radical (unpaired) electrons. The molecule has 0 atom stereocenters. The Labute approximate surface area is 177 Å². The van der Waals surface area contributed by atoms with Gasteiger partial charge in [0.25, 0.3) is 0 Å². The van der Waals surface area contributed by atoms with Crippen molar-refractivity contribution in [1.82, 2.24) is 9.13 Å². The molecule has 3 rings (SSSR count). The molecule has 0 saturated heterocycles. The number of aromatic nitrogens is 2. The molecule has 8 heteroatoms. The standard InChI is InChI=1S/C23H25F3N2O3/c24-23(25,26)18-10-8-9-17(15-18)16-28-20-12-6-5-11-19(20)27(22(28)31)14-7-3-1-2-4-13-21(29)30/h5-6,8-12,15H,1-4,7,13-14,16H2,(H,29,30). The highest BCUT2D eigenvalue weighted by molar-refractivity contribution is 5.76. The van der Waals surface area contributed by atoms with Crippen molar-refractivity contribution in [1.29, 1.82) is 0 Å². The fourth-order valence-corrected chi connectivity index (χ4v) is 3.75. The van der Waals surface area contributed by atoms with E-state index in [1.165, 1.54) is 10.6 Å². The van der Waals surface area contributed by atoms with Crippen LogP contribution in [0.15, 0.2) is 53.3 Å². The molecule has 0 spiro atoms. The number of halogens is 3. The number of hydrogen-bond donors (Lipinski definition) is 1. The number of alkyl halides is 3. The van der Waals surface area contributed by atoms with Crippen molar-refractivity contribution in [2.75, 3.05) is 0 Å². The summed E-state index contributed by atoms with van der Waals surface area (Å²) >= 11 is 0. The fourth-order valence-electron chi connectivity index (χ4n) is 3.75. The highest BCUT2D eigenvalue weighted by atomic mass is 19.4. The number of benzene rings is 2. The maximum Gasteiger partial charge on any atom is 0.416 e. The monoisotopic (exact) mass is 434 g/mol. The quantitative estimate of drug-likeness (QED) is 0.441. The number of carbonyl (C=O) groups is 1. The van der Waals surface area contributed by atoms with Gasteiger partial charge in [-0.2, -0.15) is 13.2 Å². The van der Waals surface area contributed by atoms with E-state index in [1.807, 2.05) is 12.1 Å². The molecule has 2 aromatic carbocycles. The lowest BCUT2D eigenvalue weighted by Gasteiger charge is -2.09. The van der Waals surface area contributed by atoms with Gasteiger partial charge in [0.1, 0.15) is 0 Å². The van der Waals surface area contributed by atoms with Crippen molar-refractivity contribution in [2.45, 2.75) is 57.8 Å². The van der Waals surface area contributed by atoms with E-state index >= 15 is 0 Å². The van der Waals surface area contributed by atoms with Gasteiger partial charge in [-0.3, -0.25) is 13.9 Å². The van der Waals surface area contributed by atoms with E-state index in [4.69, 9.17) is 5.11 Å². The number of carboxylic acid groups (broad SMARTS) is 1. The van der Waals surface area contributed by atoms with E-state index in [0.717, 1.165) is 43.3 Å². The molecule has 0 amide bonds. The Hall–Kier alpha value is -3.03. The third kappa shape index (κ3) is 5.77. The first kappa shape index (κ1) is 22.7. The van der Waals surface area contributed by atoms with Gasteiger partial charge in [0.15, 0.2) is 0 Å². The third-order valence-electron chi connectivity index (χ3n) is 5.29. The van der Waals surface area contributed by atoms with Gasteiger partial charge in [0, 0.05) is 13.0 Å². The Balaban J connectivity index is 1.74. The van der Waals surface area contributed by atoms with Crippen molar-refractivity contribution in [3.05, 3.63) is 70.1 Å². The molecule has 166 valence electrons. The highest BCUT2D eigenvalue weighted by Crippen LogP contribution is 2.29. The van der Waals surface area contributed by atoms with E-state index < -0.39 is 17.7 Å². The van der Waals surface area contributed by atoms with E-state index in [1.54, 1.807) is 22.8 Å². The molecule has 1 N–H and O–H groups in total. The summed E-state index contributed by atoms with van der Waals surface area (Å²) in [6.07, 6.45) is -0.249. The predicted octanol–water partition coefficient (Wildman–Crippen LogP) is 5.30. The Morgan fingerprint density at radius 3 is 2.19 bits per heavy atom. The number of fused-ring (bicyclic) bond motifs is 1. The normalized spacial score (nSPS) is 11.8. The molecule has 1 aromatic heterocycles. The fraction of sp³-hybridized carbons (Fsp3) is 0.391. The van der Waals surface area contributed by atoms with Crippen molar-refractivity contribution in [3.8, 4) is 0 Å². The topological polar surface area (TPSA) is 64.2 Å². The number of aryl methyl sites for hydroxylation is 1. The maximum absolute atomic E-state index is 13.1. The van der Waals surface area contributed by atoms with Crippen molar-refractivity contribution in [3.63, 3.8) is 0 Å². The molecule has 0 aliphatic rings. The molecule has 0 unspecified atom stereocenters. The summed E-state index contributed by atoms with van der Waals surface area (Å²) < 4.78 is 42.3. The van der Waals surface area contributed by atoms with Crippen LogP contribution in [-0.4, -0.2) is 20.2 Å². The average molecular weight is 434 g/mol. The summed E-state index contributed by atoms with van der Waals surface area (Å²) in [6.45, 7) is 0.569. The van der Waals surface area contributed by atoms with Gasteiger partial charge in [0.2, 0.25) is 0 Å². The van der Waals surface area contributed by atoms with Crippen molar-refractivity contribution < 1.29 is 23.1 Å². The van der Waals surface area contributed by atoms with Gasteiger partial charge in [-0.05, 0) is 42.7 Å². The van der Waals surface area contributed by atoms with E-state index in [9.17, 15) is 22.8 Å². The SMILES string of the molecule is O=C(O)CCCCCCCn1c(=O)n(Cc2cccc(C(F)(F)F)c2)c2ccccc21. The molecule has 0 aliphatic carbocycles. The van der Waals surface area contributed by atoms with Crippen LogP contribution in [0.5, 0.6) is 0 Å². The average Bonchev–Trinajstić information content (AvgIpc) is 2.98. The first-order valence-electron chi connectivity index (χ1n) is 10.3. The lowest BCUT2D eigenvalue weighted by Crippen LogP contribution is -2.25. The van der Waals surface area contributed by atoms with Crippen molar-refractivity contribution in [2.24, 2.45) is 0 Å². The first-order chi connectivity index (χ1) is 14.8. The minimum atomic E-state index is -4.43. The third-order valence-corrected chi connectivity index (χ3v) is 5.29. The largest absolute Gasteiger partial charge is 0.481 e. The van der Waals surface area contributed by atoms with Crippen LogP contribution in [0, 0.1) is 0 Å². The molecular weight excluding hydrogens is 409 g/mol. The smallest absolute Gasteiger partial charge is 0.416 e. The van der Waals surface area contributed by atoms with E-state index in [-0.39, 0.29) is 18.7 Å². The molecule has 0 saturated carbocycles. The molecule has 31 heavy (non-hydrogen) atoms. The highest BCUT2D eigenvalue weighted by Gasteiger charge is 2.30. The number of aliphatic carboxylic acids is 1. The number of unbranched alkanes of at least 4 members (excludes halogenated alkanes) is 4. The number of nitrogens with zero attached hydrogens (tertiary/aromatic N) is 2. The predicted molar refractivity (Wildman–Crippen MR) is 112 cm³/mol. The second-order valence-corrected chi connectivity index (χ2v) is 7.62. The molecule has 3 aromatic rings. The number of rotatable bonds is 10. The Kier molecular flexibility index (Phi) is 7.20. The zero-order valence-electron chi connectivity index (χ0n) is 17.1. The first-order valence-corrected chi connectivity index (χ1v) is 10.3. The van der Waals surface area contributed by atoms with Gasteiger partial charge < -0.3 is 5.11 Å². The van der Waals surface area contributed by atoms with Gasteiger partial charge in [0.05, 0.1) is 23.1 Å². The molecular formula is C23H25F3N2O3. The van der Waals surface area contributed by atoms with Gasteiger partial charge in [-0.15, -0.1) is 0 Å². The summed E-state index contributed by atoms with van der Waals surface area (Å²) in [5.41, 5.74) is 0.879. The van der Waals surface area contributed by atoms with Crippen molar-refractivity contribution >= 4 is 17.0 Å². The maximum atomic E-state index is 13.1. The van der Waals surface area contributed by atoms with Gasteiger partial charge in [-0.25, -0.2) is 4.79 Å². The second-order valence-electron chi connectivity index (χ2n) is 7.62. The Bertz CT molecular complexity index is 1100. The van der Waals surface area contributed by atoms with Crippen LogP contribution < -0.4 is 5.69 Å². The molecule has 0 bridgehead atoms. The van der Waals surface area contributed by atoms with Crippen LogP contribution in [0.1, 0.15) is 49.7 Å². The summed E-state index contributed by atoms with van der Waals surface area (Å²) in [5, 5.41) is 8.66. The van der Waals surface area contributed by atoms with Crippen LogP contribution in [-0.2, 0) is 24.1 Å². The van der Waals surface area contributed by atoms with Crippen LogP contribution in [0.25, 0.3) is 11.0 Å². The van der Waals surface area contributed by atoms with E-state index in [0.29, 0.717) is 24.0 Å². The number of hydrogen-bond acceptors (Lipinski definition) is 2. The van der Waals surface area contributed by atoms with Crippen LogP contribution in [0.3, 0.4) is 0 Å². The lowest BCUT2D eigenvalue weighted by molar-refractivity contribution is -0.138.